The summed E-state index contributed by atoms with van der Waals surface area (Å²) in [6, 6.07) is 15.6. The van der Waals surface area contributed by atoms with Crippen LogP contribution >= 0.6 is 0 Å². The minimum absolute atomic E-state index is 0.536. The topological polar surface area (TPSA) is 51.2 Å². The number of nitrogens with zero attached hydrogens (tertiary/aromatic N) is 1. The molecule has 2 aromatic rings. The van der Waals surface area contributed by atoms with E-state index in [9.17, 15) is 5.11 Å². The Morgan fingerprint density at radius 2 is 1.73 bits per heavy atom. The molecule has 1 N–H and O–H groups in total. The van der Waals surface area contributed by atoms with Crippen LogP contribution in [0.25, 0.3) is 0 Å². The summed E-state index contributed by atoms with van der Waals surface area (Å²) in [4.78, 5) is 2.22. The lowest BCUT2D eigenvalue weighted by Gasteiger charge is -2.26. The normalized spacial score (nSPS) is 12.2. The van der Waals surface area contributed by atoms with E-state index in [1.807, 2.05) is 48.5 Å². The van der Waals surface area contributed by atoms with E-state index in [0.717, 1.165) is 29.8 Å². The van der Waals surface area contributed by atoms with Crippen LogP contribution in [0, 0.1) is 0 Å². The molecule has 0 spiro atoms. The molecule has 0 bridgehead atoms. The summed E-state index contributed by atoms with van der Waals surface area (Å²) in [6.45, 7) is 2.70. The summed E-state index contributed by atoms with van der Waals surface area (Å²) in [6.07, 6.45) is 0.347. The molecule has 26 heavy (non-hydrogen) atoms. The van der Waals surface area contributed by atoms with Crippen molar-refractivity contribution in [2.45, 2.75) is 19.1 Å². The summed E-state index contributed by atoms with van der Waals surface area (Å²) in [7, 11) is 4.99. The van der Waals surface area contributed by atoms with Gasteiger partial charge in [-0.2, -0.15) is 0 Å². The molecule has 0 amide bonds. The van der Waals surface area contributed by atoms with Crippen LogP contribution < -0.4 is 9.47 Å². The van der Waals surface area contributed by atoms with Gasteiger partial charge in [0, 0.05) is 38.9 Å². The van der Waals surface area contributed by atoms with Crippen LogP contribution in [0.1, 0.15) is 23.7 Å². The zero-order chi connectivity index (χ0) is 18.8. The minimum Gasteiger partial charge on any atom is -0.493 e. The molecular weight excluding hydrogens is 330 g/mol. The molecule has 0 heterocycles. The molecule has 0 radical (unpaired) electrons. The van der Waals surface area contributed by atoms with E-state index >= 15 is 0 Å². The lowest BCUT2D eigenvalue weighted by molar-refractivity contribution is 0.0990. The third-order valence-electron chi connectivity index (χ3n) is 4.32. The number of para-hydroxylation sites is 1. The standard InChI is InChI=1S/C21H29NO4/c1-24-14-8-13-22(16-19(23)17-9-5-4-6-10-17)15-18-11-7-12-20(25-2)21(18)26-3/h4-7,9-12,19,23H,8,13-16H2,1-3H3. The molecule has 0 aliphatic carbocycles. The maximum absolute atomic E-state index is 10.6. The predicted octanol–water partition coefficient (Wildman–Crippen LogP) is 3.28. The molecule has 0 saturated heterocycles. The van der Waals surface area contributed by atoms with Crippen molar-refractivity contribution in [1.82, 2.24) is 4.90 Å². The molecule has 0 aliphatic rings. The quantitative estimate of drug-likeness (QED) is 0.624. The maximum atomic E-state index is 10.6. The SMILES string of the molecule is COCCCN(Cc1cccc(OC)c1OC)CC(O)c1ccccc1. The Balaban J connectivity index is 2.14. The largest absolute Gasteiger partial charge is 0.493 e. The van der Waals surface area contributed by atoms with Crippen molar-refractivity contribution < 1.29 is 19.3 Å². The number of hydrogen-bond donors (Lipinski definition) is 1. The monoisotopic (exact) mass is 359 g/mol. The summed E-state index contributed by atoms with van der Waals surface area (Å²) >= 11 is 0. The number of aliphatic hydroxyl groups is 1. The number of rotatable bonds is 11. The van der Waals surface area contributed by atoms with Gasteiger partial charge in [-0.1, -0.05) is 42.5 Å². The first-order valence-electron chi connectivity index (χ1n) is 8.83. The van der Waals surface area contributed by atoms with Gasteiger partial charge in [-0.15, -0.1) is 0 Å². The first-order valence-corrected chi connectivity index (χ1v) is 8.83. The number of hydrogen-bond acceptors (Lipinski definition) is 5. The van der Waals surface area contributed by atoms with E-state index in [1.165, 1.54) is 0 Å². The van der Waals surface area contributed by atoms with Crippen LogP contribution in [0.5, 0.6) is 11.5 Å². The fourth-order valence-corrected chi connectivity index (χ4v) is 3.01. The van der Waals surface area contributed by atoms with E-state index < -0.39 is 6.10 Å². The fraction of sp³-hybridized carbons (Fsp3) is 0.429. The molecule has 0 aromatic heterocycles. The maximum Gasteiger partial charge on any atom is 0.165 e. The highest BCUT2D eigenvalue weighted by Crippen LogP contribution is 2.31. The summed E-state index contributed by atoms with van der Waals surface area (Å²) in [5.41, 5.74) is 1.95. The summed E-state index contributed by atoms with van der Waals surface area (Å²) in [5.74, 6) is 1.45. The Hall–Kier alpha value is -2.08. The molecule has 5 nitrogen and oxygen atoms in total. The molecule has 0 saturated carbocycles. The van der Waals surface area contributed by atoms with Crippen LogP contribution in [0.4, 0.5) is 0 Å². The molecule has 1 unspecified atom stereocenters. The predicted molar refractivity (Wildman–Crippen MR) is 103 cm³/mol. The molecule has 142 valence electrons. The molecule has 2 aromatic carbocycles. The van der Waals surface area contributed by atoms with E-state index in [2.05, 4.69) is 4.90 Å². The highest BCUT2D eigenvalue weighted by atomic mass is 16.5. The van der Waals surface area contributed by atoms with Crippen molar-refractivity contribution in [2.75, 3.05) is 41.0 Å². The molecule has 0 aliphatic heterocycles. The molecule has 1 atom stereocenters. The van der Waals surface area contributed by atoms with Gasteiger partial charge < -0.3 is 19.3 Å². The lowest BCUT2D eigenvalue weighted by atomic mass is 10.1. The lowest BCUT2D eigenvalue weighted by Crippen LogP contribution is -2.30. The van der Waals surface area contributed by atoms with E-state index in [-0.39, 0.29) is 0 Å². The van der Waals surface area contributed by atoms with Gasteiger partial charge in [0.05, 0.1) is 20.3 Å². The van der Waals surface area contributed by atoms with Gasteiger partial charge in [-0.05, 0) is 18.1 Å². The van der Waals surface area contributed by atoms with Crippen molar-refractivity contribution in [3.05, 3.63) is 59.7 Å². The second-order valence-corrected chi connectivity index (χ2v) is 6.16. The third kappa shape index (κ3) is 5.73. The van der Waals surface area contributed by atoms with Gasteiger partial charge in [0.15, 0.2) is 11.5 Å². The Kier molecular flexibility index (Phi) is 8.41. The van der Waals surface area contributed by atoms with Gasteiger partial charge in [0.1, 0.15) is 0 Å². The average molecular weight is 359 g/mol. The zero-order valence-electron chi connectivity index (χ0n) is 15.9. The van der Waals surface area contributed by atoms with Gasteiger partial charge in [0.25, 0.3) is 0 Å². The van der Waals surface area contributed by atoms with E-state index in [0.29, 0.717) is 25.4 Å². The Morgan fingerprint density at radius 3 is 2.38 bits per heavy atom. The van der Waals surface area contributed by atoms with Gasteiger partial charge in [0.2, 0.25) is 0 Å². The van der Waals surface area contributed by atoms with Crippen molar-refractivity contribution in [1.29, 1.82) is 0 Å². The number of aliphatic hydroxyl groups excluding tert-OH is 1. The van der Waals surface area contributed by atoms with Crippen molar-refractivity contribution in [3.63, 3.8) is 0 Å². The first kappa shape index (κ1) is 20.2. The number of ether oxygens (including phenoxy) is 3. The zero-order valence-corrected chi connectivity index (χ0v) is 15.9. The van der Waals surface area contributed by atoms with Gasteiger partial charge in [-0.25, -0.2) is 0 Å². The summed E-state index contributed by atoms with van der Waals surface area (Å²) in [5, 5.41) is 10.6. The second-order valence-electron chi connectivity index (χ2n) is 6.16. The van der Waals surface area contributed by atoms with Crippen molar-refractivity contribution >= 4 is 0 Å². The third-order valence-corrected chi connectivity index (χ3v) is 4.32. The molecule has 0 fully saturated rings. The first-order chi connectivity index (χ1) is 12.7. The average Bonchev–Trinajstić information content (AvgIpc) is 2.68. The molecule has 2 rings (SSSR count). The van der Waals surface area contributed by atoms with Crippen LogP contribution in [0.3, 0.4) is 0 Å². The molecular formula is C21H29NO4. The van der Waals surface area contributed by atoms with Crippen LogP contribution in [0.15, 0.2) is 48.5 Å². The number of methoxy groups -OCH3 is 3. The Morgan fingerprint density at radius 1 is 0.962 bits per heavy atom. The van der Waals surface area contributed by atoms with E-state index in [4.69, 9.17) is 14.2 Å². The van der Waals surface area contributed by atoms with E-state index in [1.54, 1.807) is 21.3 Å². The number of benzene rings is 2. The van der Waals surface area contributed by atoms with Crippen LogP contribution in [-0.4, -0.2) is 51.0 Å². The highest BCUT2D eigenvalue weighted by Gasteiger charge is 2.17. The van der Waals surface area contributed by atoms with Crippen LogP contribution in [0.2, 0.25) is 0 Å². The highest BCUT2D eigenvalue weighted by molar-refractivity contribution is 5.46. The van der Waals surface area contributed by atoms with Gasteiger partial charge >= 0.3 is 0 Å². The summed E-state index contributed by atoms with van der Waals surface area (Å²) < 4.78 is 16.1. The van der Waals surface area contributed by atoms with Crippen molar-refractivity contribution in [3.8, 4) is 11.5 Å². The fourth-order valence-electron chi connectivity index (χ4n) is 3.01. The smallest absolute Gasteiger partial charge is 0.165 e. The molecule has 5 heteroatoms. The Labute approximate surface area is 156 Å². The van der Waals surface area contributed by atoms with Gasteiger partial charge in [-0.3, -0.25) is 4.90 Å². The Bertz CT molecular complexity index is 648. The minimum atomic E-state index is -0.546. The van der Waals surface area contributed by atoms with Crippen molar-refractivity contribution in [2.24, 2.45) is 0 Å². The van der Waals surface area contributed by atoms with Crippen LogP contribution in [-0.2, 0) is 11.3 Å². The second kappa shape index (κ2) is 10.8.